The molecule has 6 N–H and O–H groups in total. The van der Waals surface area contributed by atoms with Crippen LogP contribution in [0.2, 0.25) is 22.3 Å². The number of phosphoric ester groups is 1. The van der Waals surface area contributed by atoms with Crippen molar-refractivity contribution in [2.45, 2.75) is 59.2 Å². The second-order valence-corrected chi connectivity index (χ2v) is 19.2. The van der Waals surface area contributed by atoms with Crippen molar-refractivity contribution in [3.63, 3.8) is 0 Å². The molecule has 1 saturated heterocycles. The van der Waals surface area contributed by atoms with Crippen LogP contribution in [0.5, 0.6) is 0 Å². The number of hydrogen-bond donors (Lipinski definition) is 6. The maximum atomic E-state index is 11.5. The normalized spacial score (nSPS) is 30.9. The molecule has 0 bridgehead atoms. The van der Waals surface area contributed by atoms with Gasteiger partial charge in [-0.05, 0) is 0 Å². The first kappa shape index (κ1) is 25.6. The van der Waals surface area contributed by atoms with E-state index in [-0.39, 0.29) is 6.61 Å². The van der Waals surface area contributed by atoms with Crippen molar-refractivity contribution in [2.24, 2.45) is 0 Å². The van der Waals surface area contributed by atoms with E-state index in [2.05, 4.69) is 26.2 Å². The number of ether oxygens (including phenoxy) is 2. The molecule has 0 aromatic carbocycles. The summed E-state index contributed by atoms with van der Waals surface area (Å²) in [7, 11) is -4.52. The zero-order valence-electron chi connectivity index (χ0n) is 15.6. The van der Waals surface area contributed by atoms with E-state index >= 15 is 0 Å². The first-order chi connectivity index (χ1) is 12.3. The molecule has 162 valence electrons. The van der Waals surface area contributed by atoms with Crippen molar-refractivity contribution >= 4 is 21.7 Å². The van der Waals surface area contributed by atoms with Gasteiger partial charge in [0.2, 0.25) is 0 Å². The number of rotatable bonds is 12. The van der Waals surface area contributed by atoms with E-state index in [9.17, 15) is 25.1 Å². The van der Waals surface area contributed by atoms with Crippen LogP contribution in [0.25, 0.3) is 0 Å². The Hall–Kier alpha value is 0.548. The van der Waals surface area contributed by atoms with E-state index in [4.69, 9.17) is 19.7 Å². The van der Waals surface area contributed by atoms with Gasteiger partial charge in [-0.15, -0.1) is 0 Å². The molecule has 1 aliphatic heterocycles. The monoisotopic (exact) mass is 481 g/mol. The molecule has 1 fully saturated rings. The van der Waals surface area contributed by atoms with Gasteiger partial charge in [0, 0.05) is 0 Å². The molecule has 27 heavy (non-hydrogen) atoms. The predicted octanol–water partition coefficient (Wildman–Crippen LogP) is -2.43. The number of aliphatic hydroxyl groups is 5. The van der Waals surface area contributed by atoms with Crippen LogP contribution in [0.3, 0.4) is 0 Å². The molecule has 0 amide bonds. The Kier molecular flexibility index (Phi) is 10.5. The van der Waals surface area contributed by atoms with E-state index in [1.54, 1.807) is 0 Å². The third-order valence-corrected chi connectivity index (χ3v) is 7.57. The average Bonchev–Trinajstić information content (AvgIpc) is 2.82. The van der Waals surface area contributed by atoms with Crippen molar-refractivity contribution in [1.29, 1.82) is 0 Å². The molecule has 0 radical (unpaired) electrons. The molecule has 0 aromatic heterocycles. The zero-order valence-corrected chi connectivity index (χ0v) is 18.4. The fraction of sp³-hybridized carbons (Fsp3) is 1.00. The van der Waals surface area contributed by atoms with E-state index in [0.29, 0.717) is 5.21 Å². The van der Waals surface area contributed by atoms with Crippen LogP contribution in [0.1, 0.15) is 0 Å². The molecule has 0 spiro atoms. The molecule has 11 nitrogen and oxygen atoms in total. The minimum absolute atomic E-state index is 0.379. The Morgan fingerprint density at radius 1 is 1.04 bits per heavy atom. The van der Waals surface area contributed by atoms with Crippen molar-refractivity contribution in [3.8, 4) is 0 Å². The summed E-state index contributed by atoms with van der Waals surface area (Å²) < 4.78 is 19.8. The van der Waals surface area contributed by atoms with Gasteiger partial charge in [0.25, 0.3) is 0 Å². The maximum absolute atomic E-state index is 11.5. The van der Waals surface area contributed by atoms with Crippen molar-refractivity contribution in [2.75, 3.05) is 26.4 Å². The zero-order chi connectivity index (χ0) is 20.8. The summed E-state index contributed by atoms with van der Waals surface area (Å²) in [6, 6.07) is 0. The Morgan fingerprint density at radius 2 is 1.59 bits per heavy atom. The van der Waals surface area contributed by atoms with Gasteiger partial charge in [-0.2, -0.15) is 0 Å². The van der Waals surface area contributed by atoms with E-state index in [1.165, 1.54) is 0 Å². The minimum atomic E-state index is -4.52. The van der Waals surface area contributed by atoms with Crippen LogP contribution in [0, 0.1) is 0 Å². The van der Waals surface area contributed by atoms with Gasteiger partial charge in [-0.1, -0.05) is 0 Å². The number of aliphatic hydroxyl groups excluding tert-OH is 5. The van der Waals surface area contributed by atoms with Gasteiger partial charge < -0.3 is 10.2 Å². The summed E-state index contributed by atoms with van der Waals surface area (Å²) in [6.45, 7) is -2.26. The summed E-state index contributed by atoms with van der Waals surface area (Å²) in [4.78, 5) is 20.9. The number of phosphoric acid groups is 1. The van der Waals surface area contributed by atoms with Crippen LogP contribution < -0.4 is 4.89 Å². The van der Waals surface area contributed by atoms with Gasteiger partial charge in [0.05, 0.1) is 6.61 Å². The molecule has 1 rings (SSSR count). The molecule has 1 heterocycles. The van der Waals surface area contributed by atoms with E-state index in [1.807, 2.05) is 0 Å². The average molecular weight is 481 g/mol. The Morgan fingerprint density at radius 3 is 2.11 bits per heavy atom. The third-order valence-electron chi connectivity index (χ3n) is 3.57. The van der Waals surface area contributed by atoms with Crippen molar-refractivity contribution in [3.05, 3.63) is 0 Å². The van der Waals surface area contributed by atoms with Gasteiger partial charge in [-0.3, -0.25) is 0 Å². The topological polar surface area (TPSA) is 181 Å². The second-order valence-electron chi connectivity index (χ2n) is 7.38. The summed E-state index contributed by atoms with van der Waals surface area (Å²) in [5.41, 5.74) is 6.39. The SMILES string of the molecule is C[As+](C)(C)C[C@H]1O[C@@H](OC[C@H](O)CO[P+]([O-])(O)OCC(O)CO)[C@H](O)[C@@H]1O. The fourth-order valence-electron chi connectivity index (χ4n) is 2.25. The first-order valence-electron chi connectivity index (χ1n) is 8.37. The van der Waals surface area contributed by atoms with Crippen LogP contribution in [-0.2, 0) is 18.5 Å². The fourth-order valence-corrected chi connectivity index (χ4v) is 5.94. The van der Waals surface area contributed by atoms with Crippen LogP contribution >= 0.6 is 8.17 Å². The van der Waals surface area contributed by atoms with E-state index in [0.717, 1.165) is 0 Å². The molecule has 1 aliphatic rings. The Labute approximate surface area is 161 Å². The van der Waals surface area contributed by atoms with Crippen LogP contribution in [-0.4, -0.2) is 107 Å². The quantitative estimate of drug-likeness (QED) is 0.129. The van der Waals surface area contributed by atoms with Gasteiger partial charge in [0.15, 0.2) is 0 Å². The molecule has 13 heteroatoms. The Balaban J connectivity index is 2.36. The molecule has 0 aromatic rings. The molecule has 2 unspecified atom stereocenters. The molecular formula is C14H31AsO11P+. The van der Waals surface area contributed by atoms with Crippen LogP contribution in [0.4, 0.5) is 0 Å². The summed E-state index contributed by atoms with van der Waals surface area (Å²) in [5, 5.41) is 48.1. The summed E-state index contributed by atoms with van der Waals surface area (Å²) in [5.74, 6) is 0. The molecule has 7 atom stereocenters. The molecule has 0 saturated carbocycles. The Bertz CT molecular complexity index is 436. The third kappa shape index (κ3) is 9.73. The second kappa shape index (κ2) is 11.1. The number of hydrogen-bond acceptors (Lipinski definition) is 11. The van der Waals surface area contributed by atoms with E-state index < -0.39 is 78.4 Å². The van der Waals surface area contributed by atoms with Gasteiger partial charge >= 0.3 is 138 Å². The molecule has 0 aliphatic carbocycles. The van der Waals surface area contributed by atoms with Crippen molar-refractivity contribution < 1.29 is 53.8 Å². The first-order valence-corrected chi connectivity index (χ1v) is 16.8. The summed E-state index contributed by atoms with van der Waals surface area (Å²) in [6.07, 6.45) is -6.69. The standard InChI is InChI=1S/C14H30AsO11P/c1-15(2,3)4-11-12(19)13(20)14(26-11)23-6-10(18)8-25-27(21,22)24-7-9(17)5-16/h9-14,16-20H,4-8H2,1-3H3/p+1/t9?,10-,11+,12+,13+,14+/m0/s1. The molecular weight excluding hydrogens is 450 g/mol. The summed E-state index contributed by atoms with van der Waals surface area (Å²) >= 11 is -1.88. The predicted molar refractivity (Wildman–Crippen MR) is 94.9 cm³/mol. The van der Waals surface area contributed by atoms with Crippen molar-refractivity contribution in [1.82, 2.24) is 0 Å². The van der Waals surface area contributed by atoms with Crippen LogP contribution in [0.15, 0.2) is 0 Å². The van der Waals surface area contributed by atoms with Gasteiger partial charge in [-0.25, -0.2) is 0 Å². The van der Waals surface area contributed by atoms with Gasteiger partial charge in [0.1, 0.15) is 6.10 Å².